The molecular weight excluding hydrogens is 392 g/mol. The predicted molar refractivity (Wildman–Crippen MR) is 118 cm³/mol. The fraction of sp³-hybridized carbons (Fsp3) is 0.0909. The first-order chi connectivity index (χ1) is 13.4. The summed E-state index contributed by atoms with van der Waals surface area (Å²) in [5, 5.41) is 6.31. The lowest BCUT2D eigenvalue weighted by atomic mass is 10.1. The molecule has 2 aromatic carbocycles. The molecule has 28 heavy (non-hydrogen) atoms. The number of hydrogen-bond donors (Lipinski definition) is 2. The first kappa shape index (κ1) is 19.9. The van der Waals surface area contributed by atoms with Crippen LogP contribution in [0.5, 0.6) is 0 Å². The number of hydrogen-bond acceptors (Lipinski definition) is 3. The summed E-state index contributed by atoms with van der Waals surface area (Å²) in [6, 6.07) is 17.0. The van der Waals surface area contributed by atoms with Crippen molar-refractivity contribution in [3.05, 3.63) is 76.1 Å². The number of anilines is 2. The molecule has 0 radical (unpaired) electrons. The van der Waals surface area contributed by atoms with Crippen molar-refractivity contribution in [3.8, 4) is 10.4 Å². The summed E-state index contributed by atoms with van der Waals surface area (Å²) in [6.07, 6.45) is 3.29. The molecule has 0 atom stereocenters. The number of carbonyl (C=O) groups is 2. The third-order valence-corrected chi connectivity index (χ3v) is 5.41. The second-order valence-electron chi connectivity index (χ2n) is 6.19. The molecule has 2 amide bonds. The smallest absolute Gasteiger partial charge is 0.248 e. The van der Waals surface area contributed by atoms with Gasteiger partial charge in [0.2, 0.25) is 11.8 Å². The topological polar surface area (TPSA) is 58.2 Å². The van der Waals surface area contributed by atoms with E-state index in [-0.39, 0.29) is 11.8 Å². The molecule has 4 nitrogen and oxygen atoms in total. The summed E-state index contributed by atoms with van der Waals surface area (Å²) >= 11 is 7.52. The summed E-state index contributed by atoms with van der Waals surface area (Å²) < 4.78 is 0. The Morgan fingerprint density at radius 2 is 1.64 bits per heavy atom. The van der Waals surface area contributed by atoms with Crippen LogP contribution in [0.2, 0.25) is 5.02 Å². The van der Waals surface area contributed by atoms with Gasteiger partial charge < -0.3 is 10.6 Å². The second-order valence-corrected chi connectivity index (χ2v) is 7.74. The maximum atomic E-state index is 12.3. The van der Waals surface area contributed by atoms with Gasteiger partial charge >= 0.3 is 0 Å². The van der Waals surface area contributed by atoms with Crippen molar-refractivity contribution in [2.24, 2.45) is 0 Å². The van der Waals surface area contributed by atoms with Crippen LogP contribution in [0, 0.1) is 6.92 Å². The second kappa shape index (κ2) is 8.87. The third-order valence-electron chi connectivity index (χ3n) is 4.06. The van der Waals surface area contributed by atoms with E-state index < -0.39 is 0 Å². The van der Waals surface area contributed by atoms with Crippen LogP contribution in [-0.2, 0) is 9.59 Å². The number of benzene rings is 2. The van der Waals surface area contributed by atoms with Gasteiger partial charge in [0.15, 0.2) is 0 Å². The fourth-order valence-corrected chi connectivity index (χ4v) is 3.68. The van der Waals surface area contributed by atoms with Gasteiger partial charge in [-0.1, -0.05) is 29.8 Å². The van der Waals surface area contributed by atoms with Crippen LogP contribution >= 0.6 is 22.9 Å². The molecule has 0 aliphatic heterocycles. The molecule has 0 bridgehead atoms. The molecule has 0 unspecified atom stereocenters. The number of amides is 2. The molecule has 1 aromatic heterocycles. The Morgan fingerprint density at radius 1 is 0.964 bits per heavy atom. The van der Waals surface area contributed by atoms with Crippen molar-refractivity contribution in [1.82, 2.24) is 0 Å². The Hall–Kier alpha value is -2.89. The van der Waals surface area contributed by atoms with Gasteiger partial charge in [0.25, 0.3) is 0 Å². The molecule has 142 valence electrons. The predicted octanol–water partition coefficient (Wildman–Crippen LogP) is 5.99. The highest BCUT2D eigenvalue weighted by Crippen LogP contribution is 2.30. The van der Waals surface area contributed by atoms with E-state index in [1.165, 1.54) is 13.0 Å². The maximum absolute atomic E-state index is 12.3. The maximum Gasteiger partial charge on any atom is 0.248 e. The van der Waals surface area contributed by atoms with Crippen molar-refractivity contribution < 1.29 is 9.59 Å². The van der Waals surface area contributed by atoms with E-state index in [0.717, 1.165) is 20.9 Å². The average molecular weight is 411 g/mol. The molecule has 0 fully saturated rings. The van der Waals surface area contributed by atoms with E-state index in [1.807, 2.05) is 43.3 Å². The van der Waals surface area contributed by atoms with Crippen molar-refractivity contribution in [2.45, 2.75) is 13.8 Å². The minimum absolute atomic E-state index is 0.152. The van der Waals surface area contributed by atoms with E-state index in [4.69, 9.17) is 11.6 Å². The van der Waals surface area contributed by atoms with E-state index in [0.29, 0.717) is 16.4 Å². The first-order valence-electron chi connectivity index (χ1n) is 8.64. The molecule has 3 rings (SSSR count). The van der Waals surface area contributed by atoms with Gasteiger partial charge in [-0.15, -0.1) is 11.3 Å². The normalized spacial score (nSPS) is 10.8. The molecule has 0 aliphatic rings. The Balaban J connectivity index is 1.68. The zero-order chi connectivity index (χ0) is 20.1. The fourth-order valence-electron chi connectivity index (χ4n) is 2.64. The number of halogens is 1. The van der Waals surface area contributed by atoms with Gasteiger partial charge in [0.05, 0.1) is 0 Å². The van der Waals surface area contributed by atoms with Crippen molar-refractivity contribution in [2.75, 3.05) is 10.6 Å². The van der Waals surface area contributed by atoms with Crippen LogP contribution in [-0.4, -0.2) is 11.8 Å². The largest absolute Gasteiger partial charge is 0.326 e. The Morgan fingerprint density at radius 3 is 2.32 bits per heavy atom. The highest BCUT2D eigenvalue weighted by molar-refractivity contribution is 7.16. The average Bonchev–Trinajstić information content (AvgIpc) is 3.13. The van der Waals surface area contributed by atoms with Gasteiger partial charge in [-0.3, -0.25) is 9.59 Å². The molecule has 0 aliphatic carbocycles. The van der Waals surface area contributed by atoms with Crippen molar-refractivity contribution in [1.29, 1.82) is 0 Å². The molecule has 0 saturated heterocycles. The molecular formula is C22H19ClN2O2S. The third kappa shape index (κ3) is 5.09. The number of nitrogens with one attached hydrogen (secondary N) is 2. The minimum Gasteiger partial charge on any atom is -0.326 e. The molecule has 3 aromatic rings. The molecule has 1 heterocycles. The molecule has 2 N–H and O–H groups in total. The molecule has 0 spiro atoms. The summed E-state index contributed by atoms with van der Waals surface area (Å²) in [4.78, 5) is 25.6. The number of carbonyl (C=O) groups excluding carboxylic acids is 2. The highest BCUT2D eigenvalue weighted by atomic mass is 35.5. The molecule has 0 saturated carbocycles. The summed E-state index contributed by atoms with van der Waals surface area (Å²) in [5.41, 5.74) is 3.23. The van der Waals surface area contributed by atoms with Crippen LogP contribution in [0.3, 0.4) is 0 Å². The highest BCUT2D eigenvalue weighted by Gasteiger charge is 2.07. The lowest BCUT2D eigenvalue weighted by Crippen LogP contribution is -2.11. The summed E-state index contributed by atoms with van der Waals surface area (Å²) in [6.45, 7) is 3.30. The SMILES string of the molecule is CC(=O)Nc1cccc(NC(=O)/C=C\c2ccc(-c3ccc(Cl)cc3)s2)c1C. The quantitative estimate of drug-likeness (QED) is 0.508. The zero-order valence-corrected chi connectivity index (χ0v) is 17.0. The van der Waals surface area contributed by atoms with Crippen LogP contribution in [0.15, 0.2) is 60.7 Å². The zero-order valence-electron chi connectivity index (χ0n) is 15.5. The van der Waals surface area contributed by atoms with Gasteiger partial charge in [-0.2, -0.15) is 0 Å². The van der Waals surface area contributed by atoms with Crippen molar-refractivity contribution >= 4 is 52.2 Å². The lowest BCUT2D eigenvalue weighted by Gasteiger charge is -2.11. The Bertz CT molecular complexity index is 1040. The van der Waals surface area contributed by atoms with Gasteiger partial charge in [0, 0.05) is 39.2 Å². The first-order valence-corrected chi connectivity index (χ1v) is 9.84. The van der Waals surface area contributed by atoms with Crippen LogP contribution < -0.4 is 10.6 Å². The lowest BCUT2D eigenvalue weighted by molar-refractivity contribution is -0.114. The number of rotatable bonds is 5. The van der Waals surface area contributed by atoms with Crippen LogP contribution in [0.1, 0.15) is 17.4 Å². The van der Waals surface area contributed by atoms with Crippen LogP contribution in [0.25, 0.3) is 16.5 Å². The van der Waals surface area contributed by atoms with Gasteiger partial charge in [-0.25, -0.2) is 0 Å². The Labute approximate surface area is 172 Å². The van der Waals surface area contributed by atoms with E-state index in [1.54, 1.807) is 35.6 Å². The van der Waals surface area contributed by atoms with Gasteiger partial charge in [0.1, 0.15) is 0 Å². The minimum atomic E-state index is -0.232. The van der Waals surface area contributed by atoms with E-state index in [9.17, 15) is 9.59 Å². The van der Waals surface area contributed by atoms with Gasteiger partial charge in [-0.05, 0) is 60.5 Å². The van der Waals surface area contributed by atoms with Crippen molar-refractivity contribution in [3.63, 3.8) is 0 Å². The number of thiophene rings is 1. The van der Waals surface area contributed by atoms with E-state index in [2.05, 4.69) is 10.6 Å². The monoisotopic (exact) mass is 410 g/mol. The van der Waals surface area contributed by atoms with E-state index >= 15 is 0 Å². The summed E-state index contributed by atoms with van der Waals surface area (Å²) in [7, 11) is 0. The summed E-state index contributed by atoms with van der Waals surface area (Å²) in [5.74, 6) is -0.384. The Kier molecular flexibility index (Phi) is 6.29. The van der Waals surface area contributed by atoms with Crippen LogP contribution in [0.4, 0.5) is 11.4 Å². The molecule has 6 heteroatoms. The standard InChI is InChI=1S/C22H19ClN2O2S/c1-14-19(24-15(2)26)4-3-5-20(14)25-22(27)13-11-18-10-12-21(28-18)16-6-8-17(23)9-7-16/h3-13H,1-2H3,(H,24,26)(H,25,27)/b13-11-.